The van der Waals surface area contributed by atoms with Crippen LogP contribution in [0.25, 0.3) is 0 Å². The zero-order valence-electron chi connectivity index (χ0n) is 12.5. The number of hydrogen-bond acceptors (Lipinski definition) is 4. The van der Waals surface area contributed by atoms with Crippen LogP contribution in [0.3, 0.4) is 0 Å². The molecule has 114 valence electrons. The van der Waals surface area contributed by atoms with Crippen molar-refractivity contribution in [2.45, 2.75) is 45.2 Å². The zero-order chi connectivity index (χ0) is 15.4. The van der Waals surface area contributed by atoms with E-state index in [2.05, 4.69) is 17.2 Å². The van der Waals surface area contributed by atoms with Crippen LogP contribution in [-0.4, -0.2) is 40.3 Å². The molecule has 1 saturated heterocycles. The van der Waals surface area contributed by atoms with Crippen molar-refractivity contribution >= 4 is 17.6 Å². The van der Waals surface area contributed by atoms with Crippen molar-refractivity contribution in [2.24, 2.45) is 5.73 Å². The van der Waals surface area contributed by atoms with Gasteiger partial charge in [0.2, 0.25) is 5.91 Å². The number of amides is 2. The summed E-state index contributed by atoms with van der Waals surface area (Å²) < 4.78 is 0. The molecule has 3 N–H and O–H groups in total. The van der Waals surface area contributed by atoms with E-state index in [1.807, 2.05) is 11.8 Å². The standard InChI is InChI=1S/C15H22N4O2/c1-10-6-3-4-9-19(10)15(21)11(2)17-13-8-5-7-12(18-13)14(16)20/h5,7-8,10-11H,3-4,6,9H2,1-2H3,(H2,16,20)(H,17,18)/t10-,11-/m1/s1. The molecule has 1 aliphatic rings. The first-order valence-electron chi connectivity index (χ1n) is 7.33. The quantitative estimate of drug-likeness (QED) is 0.877. The molecule has 6 heteroatoms. The number of aromatic nitrogens is 1. The van der Waals surface area contributed by atoms with Gasteiger partial charge in [-0.2, -0.15) is 0 Å². The van der Waals surface area contributed by atoms with Gasteiger partial charge in [0.05, 0.1) is 0 Å². The molecule has 2 amide bonds. The van der Waals surface area contributed by atoms with Gasteiger partial charge in [0.15, 0.2) is 0 Å². The summed E-state index contributed by atoms with van der Waals surface area (Å²) >= 11 is 0. The number of primary amides is 1. The molecule has 2 rings (SSSR count). The number of piperidine rings is 1. The lowest BCUT2D eigenvalue weighted by atomic mass is 10.0. The fraction of sp³-hybridized carbons (Fsp3) is 0.533. The van der Waals surface area contributed by atoms with E-state index in [1.54, 1.807) is 18.2 Å². The third-order valence-corrected chi connectivity index (χ3v) is 3.82. The van der Waals surface area contributed by atoms with Crippen LogP contribution in [0.15, 0.2) is 18.2 Å². The smallest absolute Gasteiger partial charge is 0.267 e. The molecular formula is C15H22N4O2. The van der Waals surface area contributed by atoms with E-state index in [0.717, 1.165) is 19.4 Å². The molecule has 2 heterocycles. The summed E-state index contributed by atoms with van der Waals surface area (Å²) in [5, 5.41) is 3.04. The molecule has 0 aromatic carbocycles. The second-order valence-electron chi connectivity index (χ2n) is 5.51. The Morgan fingerprint density at radius 2 is 2.19 bits per heavy atom. The topological polar surface area (TPSA) is 88.3 Å². The van der Waals surface area contributed by atoms with Crippen molar-refractivity contribution in [3.63, 3.8) is 0 Å². The summed E-state index contributed by atoms with van der Waals surface area (Å²) in [6, 6.07) is 4.85. The molecule has 1 aromatic heterocycles. The van der Waals surface area contributed by atoms with Crippen LogP contribution in [0.2, 0.25) is 0 Å². The van der Waals surface area contributed by atoms with Crippen molar-refractivity contribution < 1.29 is 9.59 Å². The van der Waals surface area contributed by atoms with Crippen molar-refractivity contribution in [1.82, 2.24) is 9.88 Å². The van der Waals surface area contributed by atoms with E-state index < -0.39 is 5.91 Å². The van der Waals surface area contributed by atoms with Crippen LogP contribution in [0.1, 0.15) is 43.6 Å². The maximum absolute atomic E-state index is 12.5. The lowest BCUT2D eigenvalue weighted by molar-refractivity contribution is -0.134. The number of carbonyl (C=O) groups excluding carboxylic acids is 2. The van der Waals surface area contributed by atoms with Crippen LogP contribution in [-0.2, 0) is 4.79 Å². The molecule has 0 bridgehead atoms. The molecule has 0 unspecified atom stereocenters. The Morgan fingerprint density at radius 1 is 1.43 bits per heavy atom. The molecule has 21 heavy (non-hydrogen) atoms. The first kappa shape index (κ1) is 15.3. The summed E-state index contributed by atoms with van der Waals surface area (Å²) in [6.45, 7) is 4.69. The number of nitrogens with one attached hydrogen (secondary N) is 1. The number of nitrogens with zero attached hydrogens (tertiary/aromatic N) is 2. The lowest BCUT2D eigenvalue weighted by Gasteiger charge is -2.35. The van der Waals surface area contributed by atoms with E-state index >= 15 is 0 Å². The zero-order valence-corrected chi connectivity index (χ0v) is 12.5. The molecule has 1 aromatic rings. The highest BCUT2D eigenvalue weighted by Gasteiger charge is 2.27. The highest BCUT2D eigenvalue weighted by molar-refractivity contribution is 5.91. The first-order chi connectivity index (χ1) is 9.99. The lowest BCUT2D eigenvalue weighted by Crippen LogP contribution is -2.48. The van der Waals surface area contributed by atoms with Crippen LogP contribution in [0, 0.1) is 0 Å². The predicted molar refractivity (Wildman–Crippen MR) is 80.9 cm³/mol. The Labute approximate surface area is 124 Å². The Kier molecular flexibility index (Phi) is 4.77. The molecular weight excluding hydrogens is 268 g/mol. The van der Waals surface area contributed by atoms with Crippen LogP contribution >= 0.6 is 0 Å². The van der Waals surface area contributed by atoms with Gasteiger partial charge in [-0.25, -0.2) is 4.98 Å². The van der Waals surface area contributed by atoms with Crippen LogP contribution in [0.5, 0.6) is 0 Å². The van der Waals surface area contributed by atoms with Crippen molar-refractivity contribution in [3.8, 4) is 0 Å². The van der Waals surface area contributed by atoms with Crippen molar-refractivity contribution in [1.29, 1.82) is 0 Å². The highest BCUT2D eigenvalue weighted by atomic mass is 16.2. The minimum atomic E-state index is -0.581. The van der Waals surface area contributed by atoms with Crippen molar-refractivity contribution in [2.75, 3.05) is 11.9 Å². The number of hydrogen-bond donors (Lipinski definition) is 2. The average Bonchev–Trinajstić information content (AvgIpc) is 2.47. The Balaban J connectivity index is 2.03. The molecule has 2 atom stereocenters. The molecule has 1 fully saturated rings. The molecule has 0 aliphatic carbocycles. The maximum Gasteiger partial charge on any atom is 0.267 e. The molecule has 0 spiro atoms. The second kappa shape index (κ2) is 6.56. The molecule has 1 aliphatic heterocycles. The third-order valence-electron chi connectivity index (χ3n) is 3.82. The minimum Gasteiger partial charge on any atom is -0.364 e. The van der Waals surface area contributed by atoms with Gasteiger partial charge in [-0.15, -0.1) is 0 Å². The SMILES string of the molecule is C[C@@H]1CCCCN1C(=O)[C@@H](C)Nc1cccc(C(N)=O)n1. The summed E-state index contributed by atoms with van der Waals surface area (Å²) in [5.74, 6) is -0.0347. The van der Waals surface area contributed by atoms with E-state index in [9.17, 15) is 9.59 Å². The largest absolute Gasteiger partial charge is 0.364 e. The second-order valence-corrected chi connectivity index (χ2v) is 5.51. The van der Waals surface area contributed by atoms with Gasteiger partial charge in [-0.3, -0.25) is 9.59 Å². The van der Waals surface area contributed by atoms with E-state index in [1.165, 1.54) is 6.42 Å². The molecule has 0 radical (unpaired) electrons. The van der Waals surface area contributed by atoms with E-state index in [0.29, 0.717) is 5.82 Å². The van der Waals surface area contributed by atoms with Gasteiger partial charge in [-0.1, -0.05) is 6.07 Å². The van der Waals surface area contributed by atoms with Crippen LogP contribution in [0.4, 0.5) is 5.82 Å². The van der Waals surface area contributed by atoms with E-state index in [-0.39, 0.29) is 23.7 Å². The number of nitrogens with two attached hydrogens (primary N) is 1. The summed E-state index contributed by atoms with van der Waals surface area (Å²) in [6.07, 6.45) is 3.28. The predicted octanol–water partition coefficient (Wildman–Crippen LogP) is 1.38. The van der Waals surface area contributed by atoms with E-state index in [4.69, 9.17) is 5.73 Å². The third kappa shape index (κ3) is 3.71. The molecule has 6 nitrogen and oxygen atoms in total. The summed E-state index contributed by atoms with van der Waals surface area (Å²) in [7, 11) is 0. The Hall–Kier alpha value is -2.11. The van der Waals surface area contributed by atoms with Gasteiger partial charge in [0.1, 0.15) is 17.6 Å². The van der Waals surface area contributed by atoms with Gasteiger partial charge in [0.25, 0.3) is 5.91 Å². The van der Waals surface area contributed by atoms with Gasteiger partial charge in [-0.05, 0) is 45.2 Å². The average molecular weight is 290 g/mol. The normalized spacial score (nSPS) is 19.9. The fourth-order valence-corrected chi connectivity index (χ4v) is 2.61. The summed E-state index contributed by atoms with van der Waals surface area (Å²) in [5.41, 5.74) is 5.39. The Bertz CT molecular complexity index is 532. The summed E-state index contributed by atoms with van der Waals surface area (Å²) in [4.78, 5) is 29.6. The van der Waals surface area contributed by atoms with Gasteiger partial charge < -0.3 is 16.0 Å². The van der Waals surface area contributed by atoms with Gasteiger partial charge >= 0.3 is 0 Å². The number of likely N-dealkylation sites (tertiary alicyclic amines) is 1. The fourth-order valence-electron chi connectivity index (χ4n) is 2.61. The highest BCUT2D eigenvalue weighted by Crippen LogP contribution is 2.18. The van der Waals surface area contributed by atoms with Crippen LogP contribution < -0.4 is 11.1 Å². The van der Waals surface area contributed by atoms with Crippen molar-refractivity contribution in [3.05, 3.63) is 23.9 Å². The number of anilines is 1. The maximum atomic E-state index is 12.5. The van der Waals surface area contributed by atoms with Gasteiger partial charge in [0, 0.05) is 12.6 Å². The number of carbonyl (C=O) groups is 2. The monoisotopic (exact) mass is 290 g/mol. The molecule has 0 saturated carbocycles. The number of pyridine rings is 1. The first-order valence-corrected chi connectivity index (χ1v) is 7.33. The minimum absolute atomic E-state index is 0.0634. The Morgan fingerprint density at radius 3 is 2.86 bits per heavy atom. The number of rotatable bonds is 4.